The monoisotopic (exact) mass is 260 g/mol. The number of nitrogens with zero attached hydrogens (tertiary/aromatic N) is 1. The van der Waals surface area contributed by atoms with Crippen LogP contribution in [0.5, 0.6) is 0 Å². The molecular weight excluding hydrogens is 244 g/mol. The highest BCUT2D eigenvalue weighted by Crippen LogP contribution is 2.35. The van der Waals surface area contributed by atoms with Gasteiger partial charge in [0.2, 0.25) is 0 Å². The van der Waals surface area contributed by atoms with Gasteiger partial charge in [-0.2, -0.15) is 0 Å². The van der Waals surface area contributed by atoms with E-state index in [4.69, 9.17) is 0 Å². The third-order valence-electron chi connectivity index (χ3n) is 3.19. The Morgan fingerprint density at radius 2 is 2.06 bits per heavy atom. The molecule has 0 aromatic carbocycles. The van der Waals surface area contributed by atoms with Crippen molar-refractivity contribution in [2.45, 2.75) is 25.3 Å². The van der Waals surface area contributed by atoms with Crippen LogP contribution in [0.1, 0.15) is 23.5 Å². The minimum absolute atomic E-state index is 0.232. The molecule has 90 valence electrons. The van der Waals surface area contributed by atoms with Crippen LogP contribution in [0, 0.1) is 6.92 Å². The van der Waals surface area contributed by atoms with Crippen LogP contribution in [0.2, 0.25) is 0 Å². The Bertz CT molecular complexity index is 465. The zero-order valence-corrected chi connectivity index (χ0v) is 11.1. The van der Waals surface area contributed by atoms with Gasteiger partial charge in [-0.05, 0) is 26.8 Å². The molecule has 1 saturated heterocycles. The normalized spacial score (nSPS) is 23.1. The van der Waals surface area contributed by atoms with Crippen molar-refractivity contribution in [3.63, 3.8) is 0 Å². The molecule has 0 atom stereocenters. The number of rotatable bonds is 2. The second-order valence-electron chi connectivity index (χ2n) is 4.28. The smallest absolute Gasteiger partial charge is 0.150 e. The lowest BCUT2D eigenvalue weighted by molar-refractivity contribution is 0.323. The van der Waals surface area contributed by atoms with Gasteiger partial charge >= 0.3 is 0 Å². The van der Waals surface area contributed by atoms with Crippen molar-refractivity contribution in [1.82, 2.24) is 10.3 Å². The lowest BCUT2D eigenvalue weighted by Gasteiger charge is -2.35. The van der Waals surface area contributed by atoms with E-state index in [1.165, 1.54) is 0 Å². The molecule has 1 aromatic rings. The zero-order chi connectivity index (χ0) is 11.8. The van der Waals surface area contributed by atoms with E-state index in [0.29, 0.717) is 12.8 Å². The van der Waals surface area contributed by atoms with E-state index in [9.17, 15) is 8.42 Å². The summed E-state index contributed by atoms with van der Waals surface area (Å²) in [5, 5.41) is 6.30. The molecule has 0 aliphatic carbocycles. The summed E-state index contributed by atoms with van der Waals surface area (Å²) in [5.41, 5.74) is 0.771. The number of aromatic nitrogens is 1. The molecule has 0 amide bonds. The topological polar surface area (TPSA) is 59.1 Å². The van der Waals surface area contributed by atoms with Crippen LogP contribution in [-0.2, 0) is 15.4 Å². The van der Waals surface area contributed by atoms with Crippen LogP contribution < -0.4 is 5.32 Å². The summed E-state index contributed by atoms with van der Waals surface area (Å²) < 4.78 is 22.9. The Hall–Kier alpha value is -0.460. The van der Waals surface area contributed by atoms with Crippen LogP contribution >= 0.6 is 11.3 Å². The molecule has 1 aliphatic rings. The van der Waals surface area contributed by atoms with E-state index in [0.717, 1.165) is 10.7 Å². The summed E-state index contributed by atoms with van der Waals surface area (Å²) in [7, 11) is -0.945. The van der Waals surface area contributed by atoms with E-state index in [1.807, 2.05) is 19.4 Å². The van der Waals surface area contributed by atoms with Gasteiger partial charge in [0, 0.05) is 11.1 Å². The predicted octanol–water partition coefficient (Wildman–Crippen LogP) is 1.07. The molecular formula is C10H16N2O2S2. The molecule has 0 saturated carbocycles. The number of nitrogens with one attached hydrogen (secondary N) is 1. The van der Waals surface area contributed by atoms with Crippen molar-refractivity contribution in [3.05, 3.63) is 16.1 Å². The Morgan fingerprint density at radius 3 is 2.50 bits per heavy atom. The Balaban J connectivity index is 2.28. The largest absolute Gasteiger partial charge is 0.308 e. The average molecular weight is 260 g/mol. The van der Waals surface area contributed by atoms with Crippen LogP contribution in [0.15, 0.2) is 5.38 Å². The fourth-order valence-electron chi connectivity index (χ4n) is 2.03. The highest BCUT2D eigenvalue weighted by Gasteiger charge is 2.39. The Morgan fingerprint density at radius 1 is 1.44 bits per heavy atom. The van der Waals surface area contributed by atoms with Crippen molar-refractivity contribution in [2.75, 3.05) is 18.6 Å². The van der Waals surface area contributed by atoms with Crippen LogP contribution in [0.25, 0.3) is 0 Å². The first-order chi connectivity index (χ1) is 7.47. The quantitative estimate of drug-likeness (QED) is 0.864. The Labute approximate surface area is 100 Å². The fraction of sp³-hybridized carbons (Fsp3) is 0.700. The van der Waals surface area contributed by atoms with E-state index in [-0.39, 0.29) is 17.0 Å². The highest BCUT2D eigenvalue weighted by molar-refractivity contribution is 7.91. The zero-order valence-electron chi connectivity index (χ0n) is 9.49. The summed E-state index contributed by atoms with van der Waals surface area (Å²) >= 11 is 1.61. The third-order valence-corrected chi connectivity index (χ3v) is 6.00. The summed E-state index contributed by atoms with van der Waals surface area (Å²) in [5.74, 6) is 0.513. The summed E-state index contributed by atoms with van der Waals surface area (Å²) in [6, 6.07) is 0. The SMILES string of the molecule is CNC1(c2nc(C)cs2)CCS(=O)(=O)CC1. The maximum atomic E-state index is 11.4. The molecule has 0 radical (unpaired) electrons. The maximum absolute atomic E-state index is 11.4. The van der Waals surface area contributed by atoms with Gasteiger partial charge in [0.25, 0.3) is 0 Å². The molecule has 6 heteroatoms. The van der Waals surface area contributed by atoms with Crippen molar-refractivity contribution >= 4 is 21.2 Å². The maximum Gasteiger partial charge on any atom is 0.150 e. The van der Waals surface area contributed by atoms with Crippen molar-refractivity contribution in [3.8, 4) is 0 Å². The van der Waals surface area contributed by atoms with E-state index in [1.54, 1.807) is 11.3 Å². The van der Waals surface area contributed by atoms with Crippen LogP contribution in [-0.4, -0.2) is 32.0 Å². The molecule has 2 rings (SSSR count). The van der Waals surface area contributed by atoms with Gasteiger partial charge in [-0.15, -0.1) is 11.3 Å². The fourth-order valence-corrected chi connectivity index (χ4v) is 4.62. The third kappa shape index (κ3) is 2.14. The number of hydrogen-bond acceptors (Lipinski definition) is 5. The Kier molecular flexibility index (Phi) is 3.07. The molecule has 1 aromatic heterocycles. The van der Waals surface area contributed by atoms with Crippen LogP contribution in [0.3, 0.4) is 0 Å². The number of sulfone groups is 1. The van der Waals surface area contributed by atoms with Crippen molar-refractivity contribution < 1.29 is 8.42 Å². The standard InChI is InChI=1S/C10H16N2O2S2/c1-8-7-15-9(12-8)10(11-2)3-5-16(13,14)6-4-10/h7,11H,3-6H2,1-2H3. The molecule has 1 fully saturated rings. The average Bonchev–Trinajstić information content (AvgIpc) is 2.66. The minimum atomic E-state index is -2.83. The van der Waals surface area contributed by atoms with Gasteiger partial charge in [0.15, 0.2) is 0 Å². The summed E-state index contributed by atoms with van der Waals surface area (Å²) in [6.45, 7) is 1.96. The van der Waals surface area contributed by atoms with Crippen molar-refractivity contribution in [2.24, 2.45) is 0 Å². The van der Waals surface area contributed by atoms with Gasteiger partial charge in [0.1, 0.15) is 14.8 Å². The van der Waals surface area contributed by atoms with E-state index >= 15 is 0 Å². The molecule has 16 heavy (non-hydrogen) atoms. The second kappa shape index (κ2) is 4.09. The number of hydrogen-bond donors (Lipinski definition) is 1. The van der Waals surface area contributed by atoms with Gasteiger partial charge in [-0.25, -0.2) is 13.4 Å². The van der Waals surface area contributed by atoms with Crippen LogP contribution in [0.4, 0.5) is 0 Å². The molecule has 1 aliphatic heterocycles. The summed E-state index contributed by atoms with van der Waals surface area (Å²) in [4.78, 5) is 4.49. The van der Waals surface area contributed by atoms with E-state index < -0.39 is 9.84 Å². The van der Waals surface area contributed by atoms with Gasteiger partial charge in [0.05, 0.1) is 17.0 Å². The minimum Gasteiger partial charge on any atom is -0.308 e. The van der Waals surface area contributed by atoms with Crippen molar-refractivity contribution in [1.29, 1.82) is 0 Å². The first kappa shape index (κ1) is 12.0. The molecule has 0 bridgehead atoms. The lowest BCUT2D eigenvalue weighted by Crippen LogP contribution is -2.46. The second-order valence-corrected chi connectivity index (χ2v) is 7.44. The predicted molar refractivity (Wildman–Crippen MR) is 65.5 cm³/mol. The lowest BCUT2D eigenvalue weighted by atomic mass is 9.93. The highest BCUT2D eigenvalue weighted by atomic mass is 32.2. The van der Waals surface area contributed by atoms with Gasteiger partial charge < -0.3 is 5.32 Å². The molecule has 2 heterocycles. The van der Waals surface area contributed by atoms with Gasteiger partial charge in [-0.3, -0.25) is 0 Å². The molecule has 0 spiro atoms. The molecule has 4 nitrogen and oxygen atoms in total. The van der Waals surface area contributed by atoms with Gasteiger partial charge in [-0.1, -0.05) is 0 Å². The molecule has 1 N–H and O–H groups in total. The number of thiazole rings is 1. The summed E-state index contributed by atoms with van der Waals surface area (Å²) in [6.07, 6.45) is 1.25. The van der Waals surface area contributed by atoms with E-state index in [2.05, 4.69) is 10.3 Å². The number of aryl methyl sites for hydroxylation is 1. The molecule has 0 unspecified atom stereocenters. The first-order valence-electron chi connectivity index (χ1n) is 5.29. The first-order valence-corrected chi connectivity index (χ1v) is 7.99.